The second-order valence-corrected chi connectivity index (χ2v) is 5.33. The molecular formula is C18H20FNO2. The fourth-order valence-corrected chi connectivity index (χ4v) is 2.98. The fourth-order valence-electron chi connectivity index (χ4n) is 2.98. The third kappa shape index (κ3) is 2.79. The lowest BCUT2D eigenvalue weighted by molar-refractivity contribution is 0.309. The van der Waals surface area contributed by atoms with E-state index in [0.29, 0.717) is 6.61 Å². The molecule has 1 atom stereocenters. The zero-order chi connectivity index (χ0) is 15.5. The van der Waals surface area contributed by atoms with Crippen LogP contribution in [0, 0.1) is 5.82 Å². The van der Waals surface area contributed by atoms with Gasteiger partial charge in [-0.05, 0) is 54.3 Å². The molecule has 0 bridgehead atoms. The maximum Gasteiger partial charge on any atom is 0.161 e. The van der Waals surface area contributed by atoms with E-state index >= 15 is 0 Å². The van der Waals surface area contributed by atoms with Crippen LogP contribution in [0.15, 0.2) is 36.4 Å². The number of rotatable bonds is 4. The maximum atomic E-state index is 13.5. The average molecular weight is 301 g/mol. The normalized spacial score (nSPS) is 17.0. The van der Waals surface area contributed by atoms with Crippen LogP contribution < -0.4 is 14.8 Å². The van der Waals surface area contributed by atoms with Crippen LogP contribution >= 0.6 is 0 Å². The third-order valence-corrected chi connectivity index (χ3v) is 3.96. The molecule has 3 nitrogen and oxygen atoms in total. The summed E-state index contributed by atoms with van der Waals surface area (Å²) in [5, 5.41) is 3.46. The van der Waals surface area contributed by atoms with Gasteiger partial charge in [0.05, 0.1) is 19.8 Å². The van der Waals surface area contributed by atoms with E-state index < -0.39 is 0 Å². The second kappa shape index (κ2) is 6.36. The number of benzene rings is 2. The van der Waals surface area contributed by atoms with Gasteiger partial charge < -0.3 is 14.8 Å². The molecule has 0 radical (unpaired) electrons. The van der Waals surface area contributed by atoms with E-state index in [-0.39, 0.29) is 11.9 Å². The first-order valence-electron chi connectivity index (χ1n) is 7.55. The van der Waals surface area contributed by atoms with Gasteiger partial charge in [0.25, 0.3) is 0 Å². The Morgan fingerprint density at radius 3 is 2.82 bits per heavy atom. The molecule has 0 aliphatic carbocycles. The minimum atomic E-state index is -0.218. The van der Waals surface area contributed by atoms with Gasteiger partial charge in [0, 0.05) is 6.54 Å². The predicted molar refractivity (Wildman–Crippen MR) is 84.1 cm³/mol. The summed E-state index contributed by atoms with van der Waals surface area (Å²) in [6.45, 7) is 3.37. The van der Waals surface area contributed by atoms with Crippen LogP contribution in [-0.4, -0.2) is 20.3 Å². The third-order valence-electron chi connectivity index (χ3n) is 3.96. The van der Waals surface area contributed by atoms with Crippen LogP contribution in [0.4, 0.5) is 4.39 Å². The molecule has 1 heterocycles. The monoisotopic (exact) mass is 301 g/mol. The highest BCUT2D eigenvalue weighted by Gasteiger charge is 2.24. The van der Waals surface area contributed by atoms with E-state index in [1.54, 1.807) is 19.2 Å². The van der Waals surface area contributed by atoms with Gasteiger partial charge >= 0.3 is 0 Å². The fraction of sp³-hybridized carbons (Fsp3) is 0.333. The number of hydrogen-bond acceptors (Lipinski definition) is 3. The van der Waals surface area contributed by atoms with Gasteiger partial charge in [-0.2, -0.15) is 0 Å². The van der Waals surface area contributed by atoms with E-state index in [2.05, 4.69) is 5.32 Å². The Morgan fingerprint density at radius 1 is 1.23 bits per heavy atom. The van der Waals surface area contributed by atoms with Gasteiger partial charge in [-0.25, -0.2) is 4.39 Å². The van der Waals surface area contributed by atoms with Crippen LogP contribution in [0.2, 0.25) is 0 Å². The highest BCUT2D eigenvalue weighted by molar-refractivity contribution is 5.51. The van der Waals surface area contributed by atoms with Gasteiger partial charge in [-0.1, -0.05) is 12.1 Å². The van der Waals surface area contributed by atoms with Crippen molar-refractivity contribution in [3.8, 4) is 11.5 Å². The van der Waals surface area contributed by atoms with E-state index in [4.69, 9.17) is 9.47 Å². The molecular weight excluding hydrogens is 281 g/mol. The van der Waals surface area contributed by atoms with Crippen LogP contribution in [0.25, 0.3) is 0 Å². The van der Waals surface area contributed by atoms with Crippen molar-refractivity contribution in [3.63, 3.8) is 0 Å². The summed E-state index contributed by atoms with van der Waals surface area (Å²) in [6, 6.07) is 10.8. The minimum absolute atomic E-state index is 0.0236. The molecule has 2 aromatic rings. The topological polar surface area (TPSA) is 30.5 Å². The average Bonchev–Trinajstić information content (AvgIpc) is 2.54. The van der Waals surface area contributed by atoms with Crippen LogP contribution in [0.1, 0.15) is 29.7 Å². The van der Waals surface area contributed by atoms with Crippen LogP contribution in [0.5, 0.6) is 11.5 Å². The first-order valence-corrected chi connectivity index (χ1v) is 7.55. The van der Waals surface area contributed by atoms with E-state index in [1.165, 1.54) is 11.6 Å². The number of methoxy groups -OCH3 is 1. The van der Waals surface area contributed by atoms with Crippen molar-refractivity contribution >= 4 is 0 Å². The number of nitrogens with one attached hydrogen (secondary N) is 1. The Labute approximate surface area is 130 Å². The molecule has 116 valence electrons. The molecule has 22 heavy (non-hydrogen) atoms. The number of fused-ring (bicyclic) bond motifs is 1. The quantitative estimate of drug-likeness (QED) is 0.938. The van der Waals surface area contributed by atoms with Crippen molar-refractivity contribution in [1.82, 2.24) is 5.32 Å². The Kier molecular flexibility index (Phi) is 4.29. The summed E-state index contributed by atoms with van der Waals surface area (Å²) in [7, 11) is 1.65. The summed E-state index contributed by atoms with van der Waals surface area (Å²) in [5.41, 5.74) is 3.27. The summed E-state index contributed by atoms with van der Waals surface area (Å²) >= 11 is 0. The van der Waals surface area contributed by atoms with Crippen molar-refractivity contribution in [2.24, 2.45) is 0 Å². The van der Waals surface area contributed by atoms with Crippen LogP contribution in [0.3, 0.4) is 0 Å². The van der Waals surface area contributed by atoms with E-state index in [1.807, 2.05) is 25.1 Å². The highest BCUT2D eigenvalue weighted by atomic mass is 19.1. The summed E-state index contributed by atoms with van der Waals surface area (Å²) < 4.78 is 24.6. The van der Waals surface area contributed by atoms with Crippen molar-refractivity contribution in [2.45, 2.75) is 19.4 Å². The van der Waals surface area contributed by atoms with Gasteiger partial charge in [0.1, 0.15) is 5.82 Å². The SMILES string of the molecule is CCOc1cc2c(cc1OC)CCNC2c1cccc(F)c1. The van der Waals surface area contributed by atoms with Gasteiger partial charge in [-0.15, -0.1) is 0 Å². The van der Waals surface area contributed by atoms with E-state index in [0.717, 1.165) is 35.6 Å². The summed E-state index contributed by atoms with van der Waals surface area (Å²) in [6.07, 6.45) is 0.921. The predicted octanol–water partition coefficient (Wildman–Crippen LogP) is 3.47. The lowest BCUT2D eigenvalue weighted by Gasteiger charge is -2.28. The second-order valence-electron chi connectivity index (χ2n) is 5.33. The standard InChI is InChI=1S/C18H20FNO2/c1-3-22-17-11-15-12(10-16(17)21-2)7-8-20-18(15)13-5-4-6-14(19)9-13/h4-6,9-11,18,20H,3,7-8H2,1-2H3. The number of halogens is 1. The molecule has 3 rings (SSSR count). The molecule has 0 amide bonds. The molecule has 1 aliphatic rings. The summed E-state index contributed by atoms with van der Waals surface area (Å²) in [4.78, 5) is 0. The van der Waals surface area contributed by atoms with Gasteiger partial charge in [0.2, 0.25) is 0 Å². The zero-order valence-electron chi connectivity index (χ0n) is 12.9. The Balaban J connectivity index is 2.06. The summed E-state index contributed by atoms with van der Waals surface area (Å²) in [5.74, 6) is 1.26. The van der Waals surface area contributed by atoms with E-state index in [9.17, 15) is 4.39 Å². The molecule has 0 saturated heterocycles. The zero-order valence-corrected chi connectivity index (χ0v) is 12.9. The largest absolute Gasteiger partial charge is 0.493 e. The number of hydrogen-bond donors (Lipinski definition) is 1. The molecule has 1 aliphatic heterocycles. The highest BCUT2D eigenvalue weighted by Crippen LogP contribution is 2.37. The molecule has 0 fully saturated rings. The van der Waals surface area contributed by atoms with Crippen molar-refractivity contribution in [3.05, 3.63) is 58.9 Å². The minimum Gasteiger partial charge on any atom is -0.493 e. The van der Waals surface area contributed by atoms with Crippen molar-refractivity contribution in [2.75, 3.05) is 20.3 Å². The number of ether oxygens (including phenoxy) is 2. The molecule has 1 unspecified atom stereocenters. The molecule has 4 heteroatoms. The van der Waals surface area contributed by atoms with Gasteiger partial charge in [-0.3, -0.25) is 0 Å². The Morgan fingerprint density at radius 2 is 2.09 bits per heavy atom. The molecule has 0 saturated carbocycles. The Bertz CT molecular complexity index is 672. The van der Waals surface area contributed by atoms with Gasteiger partial charge in [0.15, 0.2) is 11.5 Å². The van der Waals surface area contributed by atoms with Crippen molar-refractivity contribution < 1.29 is 13.9 Å². The molecule has 0 spiro atoms. The molecule has 1 N–H and O–H groups in total. The Hall–Kier alpha value is -2.07. The first kappa shape index (κ1) is 14.9. The smallest absolute Gasteiger partial charge is 0.161 e. The molecule has 2 aromatic carbocycles. The molecule has 0 aromatic heterocycles. The lowest BCUT2D eigenvalue weighted by atomic mass is 9.89. The maximum absolute atomic E-state index is 13.5. The van der Waals surface area contributed by atoms with Crippen molar-refractivity contribution in [1.29, 1.82) is 0 Å². The van der Waals surface area contributed by atoms with Crippen LogP contribution in [-0.2, 0) is 6.42 Å². The first-order chi connectivity index (χ1) is 10.7. The lowest BCUT2D eigenvalue weighted by Crippen LogP contribution is -2.30.